The van der Waals surface area contributed by atoms with Crippen molar-refractivity contribution >= 4 is 21.6 Å². The second kappa shape index (κ2) is 4.79. The van der Waals surface area contributed by atoms with Crippen molar-refractivity contribution in [1.82, 2.24) is 14.6 Å². The Bertz CT molecular complexity index is 596. The molecule has 0 radical (unpaired) electrons. The SMILES string of the molecule is FC(F)(c1cccc2nc(Br)nn12)C1CCOCC1. The summed E-state index contributed by atoms with van der Waals surface area (Å²) in [5.41, 5.74) is 0.297. The van der Waals surface area contributed by atoms with Crippen LogP contribution in [0.5, 0.6) is 0 Å². The Morgan fingerprint density at radius 1 is 1.32 bits per heavy atom. The summed E-state index contributed by atoms with van der Waals surface area (Å²) < 4.78 is 35.9. The molecule has 7 heteroatoms. The van der Waals surface area contributed by atoms with E-state index in [-0.39, 0.29) is 5.69 Å². The molecule has 19 heavy (non-hydrogen) atoms. The van der Waals surface area contributed by atoms with Crippen molar-refractivity contribution in [2.24, 2.45) is 5.92 Å². The van der Waals surface area contributed by atoms with E-state index < -0.39 is 11.8 Å². The second-order valence-corrected chi connectivity index (χ2v) is 5.28. The summed E-state index contributed by atoms with van der Waals surface area (Å²) in [7, 11) is 0. The molecule has 2 aromatic rings. The van der Waals surface area contributed by atoms with Crippen molar-refractivity contribution in [2.45, 2.75) is 18.8 Å². The van der Waals surface area contributed by atoms with Crippen LogP contribution >= 0.6 is 15.9 Å². The summed E-state index contributed by atoms with van der Waals surface area (Å²) >= 11 is 3.11. The summed E-state index contributed by atoms with van der Waals surface area (Å²) in [5.74, 6) is -3.65. The lowest BCUT2D eigenvalue weighted by Crippen LogP contribution is -2.33. The smallest absolute Gasteiger partial charge is 0.292 e. The van der Waals surface area contributed by atoms with Gasteiger partial charge in [-0.2, -0.15) is 8.78 Å². The largest absolute Gasteiger partial charge is 0.381 e. The number of nitrogens with zero attached hydrogens (tertiary/aromatic N) is 3. The summed E-state index contributed by atoms with van der Waals surface area (Å²) in [5, 5.41) is 3.99. The van der Waals surface area contributed by atoms with Crippen LogP contribution in [0, 0.1) is 5.92 Å². The van der Waals surface area contributed by atoms with Crippen LogP contribution in [-0.4, -0.2) is 27.8 Å². The number of aromatic nitrogens is 3. The van der Waals surface area contributed by atoms with Gasteiger partial charge < -0.3 is 4.74 Å². The van der Waals surface area contributed by atoms with E-state index in [1.165, 1.54) is 10.6 Å². The van der Waals surface area contributed by atoms with Crippen molar-refractivity contribution in [3.8, 4) is 0 Å². The summed E-state index contributed by atoms with van der Waals surface area (Å²) in [6, 6.07) is 4.64. The van der Waals surface area contributed by atoms with Gasteiger partial charge in [-0.25, -0.2) is 9.50 Å². The fourth-order valence-corrected chi connectivity index (χ4v) is 2.74. The molecule has 0 unspecified atom stereocenters. The third-order valence-electron chi connectivity index (χ3n) is 3.41. The van der Waals surface area contributed by atoms with E-state index in [0.717, 1.165) is 0 Å². The maximum atomic E-state index is 14.6. The third kappa shape index (κ3) is 2.25. The zero-order valence-electron chi connectivity index (χ0n) is 10.0. The molecule has 1 aliphatic heterocycles. The van der Waals surface area contributed by atoms with Gasteiger partial charge >= 0.3 is 0 Å². The molecular weight excluding hydrogens is 320 g/mol. The minimum Gasteiger partial charge on any atom is -0.381 e. The number of pyridine rings is 1. The van der Waals surface area contributed by atoms with Gasteiger partial charge in [-0.15, -0.1) is 5.10 Å². The van der Waals surface area contributed by atoms with E-state index in [9.17, 15) is 8.78 Å². The number of hydrogen-bond donors (Lipinski definition) is 0. The molecule has 0 bridgehead atoms. The normalized spacial score (nSPS) is 18.1. The molecule has 0 amide bonds. The first kappa shape index (κ1) is 12.9. The molecule has 2 aromatic heterocycles. The van der Waals surface area contributed by atoms with E-state index in [4.69, 9.17) is 4.74 Å². The first-order valence-corrected chi connectivity index (χ1v) is 6.85. The lowest BCUT2D eigenvalue weighted by molar-refractivity contribution is -0.106. The van der Waals surface area contributed by atoms with Crippen LogP contribution in [0.3, 0.4) is 0 Å². The van der Waals surface area contributed by atoms with Gasteiger partial charge in [0.25, 0.3) is 5.92 Å². The molecule has 0 spiro atoms. The van der Waals surface area contributed by atoms with Crippen LogP contribution in [0.2, 0.25) is 0 Å². The van der Waals surface area contributed by atoms with Gasteiger partial charge in [0.05, 0.1) is 0 Å². The van der Waals surface area contributed by atoms with Crippen molar-refractivity contribution in [1.29, 1.82) is 0 Å². The topological polar surface area (TPSA) is 39.4 Å². The summed E-state index contributed by atoms with van der Waals surface area (Å²) in [6.07, 6.45) is 0.721. The first-order valence-electron chi connectivity index (χ1n) is 6.06. The zero-order chi connectivity index (χ0) is 13.5. The lowest BCUT2D eigenvalue weighted by atomic mass is 9.90. The Morgan fingerprint density at radius 3 is 2.79 bits per heavy atom. The second-order valence-electron chi connectivity index (χ2n) is 4.57. The third-order valence-corrected chi connectivity index (χ3v) is 3.75. The highest BCUT2D eigenvalue weighted by atomic mass is 79.9. The monoisotopic (exact) mass is 331 g/mol. The van der Waals surface area contributed by atoms with E-state index in [1.54, 1.807) is 12.1 Å². The molecular formula is C12H12BrF2N3O. The quantitative estimate of drug-likeness (QED) is 0.849. The number of hydrogen-bond acceptors (Lipinski definition) is 3. The Hall–Kier alpha value is -1.08. The maximum Gasteiger partial charge on any atom is 0.292 e. The fourth-order valence-electron chi connectivity index (χ4n) is 2.40. The van der Waals surface area contributed by atoms with Crippen LogP contribution in [0.25, 0.3) is 5.65 Å². The Balaban J connectivity index is 2.06. The summed E-state index contributed by atoms with van der Waals surface area (Å²) in [6.45, 7) is 0.772. The zero-order valence-corrected chi connectivity index (χ0v) is 11.6. The number of rotatable bonds is 2. The van der Waals surface area contributed by atoms with Crippen molar-refractivity contribution in [3.05, 3.63) is 28.6 Å². The van der Waals surface area contributed by atoms with Crippen LogP contribution in [0.4, 0.5) is 8.78 Å². The Morgan fingerprint density at radius 2 is 2.05 bits per heavy atom. The highest BCUT2D eigenvalue weighted by molar-refractivity contribution is 9.10. The molecule has 1 saturated heterocycles. The average Bonchev–Trinajstić information content (AvgIpc) is 2.79. The molecule has 0 aromatic carbocycles. The molecule has 1 aliphatic rings. The predicted molar refractivity (Wildman–Crippen MR) is 68.1 cm³/mol. The molecule has 0 atom stereocenters. The van der Waals surface area contributed by atoms with Gasteiger partial charge in [0.1, 0.15) is 5.69 Å². The number of alkyl halides is 2. The van der Waals surface area contributed by atoms with E-state index in [0.29, 0.717) is 36.4 Å². The minimum absolute atomic E-state index is 0.116. The number of ether oxygens (including phenoxy) is 1. The highest BCUT2D eigenvalue weighted by Gasteiger charge is 2.44. The maximum absolute atomic E-state index is 14.6. The molecule has 3 heterocycles. The predicted octanol–water partition coefficient (Wildman–Crippen LogP) is 3.01. The standard InChI is InChI=1S/C12H12BrF2N3O/c13-11-16-10-3-1-2-9(18(10)17-11)12(14,15)8-4-6-19-7-5-8/h1-3,8H,4-7H2. The van der Waals surface area contributed by atoms with Gasteiger partial charge in [-0.3, -0.25) is 0 Å². The number of halogens is 3. The first-order chi connectivity index (χ1) is 9.09. The Kier molecular flexibility index (Phi) is 3.26. The van der Waals surface area contributed by atoms with E-state index >= 15 is 0 Å². The number of fused-ring (bicyclic) bond motifs is 1. The summed E-state index contributed by atoms with van der Waals surface area (Å²) in [4.78, 5) is 4.04. The highest BCUT2D eigenvalue weighted by Crippen LogP contribution is 2.40. The Labute approximate surface area is 116 Å². The van der Waals surface area contributed by atoms with Gasteiger partial charge in [-0.05, 0) is 40.9 Å². The van der Waals surface area contributed by atoms with Crippen LogP contribution in [0.1, 0.15) is 18.5 Å². The van der Waals surface area contributed by atoms with Crippen LogP contribution in [-0.2, 0) is 10.7 Å². The van der Waals surface area contributed by atoms with Crippen LogP contribution in [0.15, 0.2) is 22.9 Å². The van der Waals surface area contributed by atoms with E-state index in [2.05, 4.69) is 26.0 Å². The lowest BCUT2D eigenvalue weighted by Gasteiger charge is -2.30. The molecule has 0 saturated carbocycles. The van der Waals surface area contributed by atoms with Gasteiger partial charge in [0.15, 0.2) is 5.65 Å². The molecule has 0 N–H and O–H groups in total. The van der Waals surface area contributed by atoms with Gasteiger partial charge in [0.2, 0.25) is 4.73 Å². The molecule has 0 aliphatic carbocycles. The van der Waals surface area contributed by atoms with Crippen LogP contribution < -0.4 is 0 Å². The van der Waals surface area contributed by atoms with E-state index in [1.807, 2.05) is 0 Å². The molecule has 1 fully saturated rings. The van der Waals surface area contributed by atoms with Crippen molar-refractivity contribution in [2.75, 3.05) is 13.2 Å². The van der Waals surface area contributed by atoms with Crippen molar-refractivity contribution < 1.29 is 13.5 Å². The molecule has 4 nitrogen and oxygen atoms in total. The van der Waals surface area contributed by atoms with Gasteiger partial charge in [-0.1, -0.05) is 6.07 Å². The van der Waals surface area contributed by atoms with Gasteiger partial charge in [0, 0.05) is 19.1 Å². The molecule has 3 rings (SSSR count). The molecule has 102 valence electrons. The van der Waals surface area contributed by atoms with Crippen molar-refractivity contribution in [3.63, 3.8) is 0 Å². The minimum atomic E-state index is -2.93. The average molecular weight is 332 g/mol. The fraction of sp³-hybridized carbons (Fsp3) is 0.500.